The molecule has 0 bridgehead atoms. The lowest BCUT2D eigenvalue weighted by Crippen LogP contribution is -2.42. The van der Waals surface area contributed by atoms with Gasteiger partial charge < -0.3 is 5.32 Å². The average Bonchev–Trinajstić information content (AvgIpc) is 2.64. The van der Waals surface area contributed by atoms with Gasteiger partial charge in [-0.15, -0.1) is 11.8 Å². The van der Waals surface area contributed by atoms with Gasteiger partial charge >= 0.3 is 0 Å². The molecule has 0 radical (unpaired) electrons. The Morgan fingerprint density at radius 1 is 1.64 bits per heavy atom. The Hall–Kier alpha value is -0.200. The van der Waals surface area contributed by atoms with Gasteiger partial charge in [-0.25, -0.2) is 0 Å². The molecule has 0 aliphatic carbocycles. The summed E-state index contributed by atoms with van der Waals surface area (Å²) in [6.07, 6.45) is 0. The lowest BCUT2D eigenvalue weighted by atomic mass is 10.3. The molecule has 1 atom stereocenters. The maximum Gasteiger partial charge on any atom is 0.238 e. The molecule has 0 spiro atoms. The molecule has 0 unspecified atom stereocenters. The molecule has 2 N–H and O–H groups in total. The van der Waals surface area contributed by atoms with E-state index in [0.717, 1.165) is 11.6 Å². The van der Waals surface area contributed by atoms with E-state index < -0.39 is 0 Å². The predicted molar refractivity (Wildman–Crippen MR) is 60.4 cm³/mol. The van der Waals surface area contributed by atoms with Crippen LogP contribution in [0.5, 0.6) is 0 Å². The molecule has 1 heterocycles. The molecule has 14 heavy (non-hydrogen) atoms. The molecule has 0 saturated carbocycles. The van der Waals surface area contributed by atoms with Crippen LogP contribution in [0.4, 0.5) is 0 Å². The van der Waals surface area contributed by atoms with Gasteiger partial charge in [-0.05, 0) is 0 Å². The Kier molecular flexibility index (Phi) is 5.36. The van der Waals surface area contributed by atoms with Gasteiger partial charge in [-0.2, -0.15) is 0 Å². The van der Waals surface area contributed by atoms with Crippen LogP contribution < -0.4 is 10.6 Å². The van der Waals surface area contributed by atoms with E-state index >= 15 is 0 Å². The van der Waals surface area contributed by atoms with Crippen LogP contribution in [0.15, 0.2) is 0 Å². The highest BCUT2D eigenvalue weighted by Gasteiger charge is 2.21. The number of rotatable bonds is 4. The fraction of sp³-hybridized carbons (Fsp3) is 0.750. The zero-order valence-electron chi connectivity index (χ0n) is 8.04. The second kappa shape index (κ2) is 6.31. The minimum atomic E-state index is -0.0534. The number of hydrogen-bond donors (Lipinski definition) is 2. The Morgan fingerprint density at radius 2 is 2.43 bits per heavy atom. The van der Waals surface area contributed by atoms with Crippen molar-refractivity contribution < 1.29 is 9.59 Å². The van der Waals surface area contributed by atoms with Crippen LogP contribution in [0, 0.1) is 0 Å². The summed E-state index contributed by atoms with van der Waals surface area (Å²) in [7, 11) is 0. The van der Waals surface area contributed by atoms with Gasteiger partial charge in [-0.1, -0.05) is 11.8 Å². The first-order valence-electron chi connectivity index (χ1n) is 4.42. The zero-order chi connectivity index (χ0) is 10.4. The molecule has 0 aromatic rings. The van der Waals surface area contributed by atoms with E-state index in [2.05, 4.69) is 10.6 Å². The van der Waals surface area contributed by atoms with Crippen LogP contribution in [0.2, 0.25) is 0 Å². The van der Waals surface area contributed by atoms with Crippen molar-refractivity contribution in [2.24, 2.45) is 0 Å². The molecule has 6 heteroatoms. The number of carbonyl (C=O) groups excluding carboxylic acids is 2. The van der Waals surface area contributed by atoms with Gasteiger partial charge in [0.15, 0.2) is 5.12 Å². The Labute approximate surface area is 92.0 Å². The van der Waals surface area contributed by atoms with Crippen LogP contribution in [0.3, 0.4) is 0 Å². The molecule has 0 aromatic heterocycles. The lowest BCUT2D eigenvalue weighted by molar-refractivity contribution is -0.122. The number of amides is 1. The Morgan fingerprint density at radius 3 is 3.00 bits per heavy atom. The average molecular weight is 234 g/mol. The lowest BCUT2D eigenvalue weighted by Gasteiger charge is -2.09. The van der Waals surface area contributed by atoms with E-state index in [4.69, 9.17) is 0 Å². The summed E-state index contributed by atoms with van der Waals surface area (Å²) in [6, 6.07) is -0.0534. The van der Waals surface area contributed by atoms with E-state index in [0.29, 0.717) is 12.3 Å². The molecule has 4 nitrogen and oxygen atoms in total. The van der Waals surface area contributed by atoms with Crippen LogP contribution in [-0.2, 0) is 9.59 Å². The van der Waals surface area contributed by atoms with Crippen molar-refractivity contribution in [3.63, 3.8) is 0 Å². The molecular formula is C8H14N2O2S2. The minimum Gasteiger partial charge on any atom is -0.354 e. The van der Waals surface area contributed by atoms with Crippen LogP contribution in [-0.4, -0.2) is 41.0 Å². The second-order valence-electron chi connectivity index (χ2n) is 2.90. The highest BCUT2D eigenvalue weighted by Crippen LogP contribution is 2.09. The molecule has 80 valence electrons. The third-order valence-electron chi connectivity index (χ3n) is 1.74. The van der Waals surface area contributed by atoms with E-state index in [-0.39, 0.29) is 17.1 Å². The molecule has 1 amide bonds. The first-order chi connectivity index (χ1) is 6.70. The summed E-state index contributed by atoms with van der Waals surface area (Å²) in [5.41, 5.74) is 0. The number of thioether (sulfide) groups is 2. The van der Waals surface area contributed by atoms with Gasteiger partial charge in [0.2, 0.25) is 5.91 Å². The summed E-state index contributed by atoms with van der Waals surface area (Å²) in [5, 5.41) is 5.97. The van der Waals surface area contributed by atoms with E-state index in [9.17, 15) is 9.59 Å². The van der Waals surface area contributed by atoms with Gasteiger partial charge in [0.05, 0.1) is 6.04 Å². The quantitative estimate of drug-likeness (QED) is 0.673. The largest absolute Gasteiger partial charge is 0.354 e. The van der Waals surface area contributed by atoms with Crippen molar-refractivity contribution >= 4 is 34.5 Å². The topological polar surface area (TPSA) is 58.2 Å². The third-order valence-corrected chi connectivity index (χ3v) is 3.49. The third kappa shape index (κ3) is 4.34. The normalized spacial score (nSPS) is 20.8. The van der Waals surface area contributed by atoms with Crippen LogP contribution >= 0.6 is 23.5 Å². The highest BCUT2D eigenvalue weighted by atomic mass is 32.2. The predicted octanol–water partition coefficient (Wildman–Crippen LogP) is 0.0448. The first kappa shape index (κ1) is 11.9. The van der Waals surface area contributed by atoms with Gasteiger partial charge in [0.1, 0.15) is 0 Å². The van der Waals surface area contributed by atoms with E-state index in [1.54, 1.807) is 11.8 Å². The van der Waals surface area contributed by atoms with Crippen LogP contribution in [0.1, 0.15) is 6.92 Å². The summed E-state index contributed by atoms with van der Waals surface area (Å²) in [6.45, 7) is 2.09. The summed E-state index contributed by atoms with van der Waals surface area (Å²) in [5.74, 6) is 2.38. The SMILES string of the molecule is CC(=O)SCCNC(=O)[C@@H]1CSCN1. The van der Waals surface area contributed by atoms with Gasteiger partial charge in [0.25, 0.3) is 0 Å². The van der Waals surface area contributed by atoms with Gasteiger partial charge in [0, 0.05) is 30.9 Å². The fourth-order valence-electron chi connectivity index (χ4n) is 1.06. The van der Waals surface area contributed by atoms with Crippen molar-refractivity contribution in [3.8, 4) is 0 Å². The molecule has 1 aliphatic rings. The van der Waals surface area contributed by atoms with Crippen molar-refractivity contribution in [2.45, 2.75) is 13.0 Å². The molecule has 1 saturated heterocycles. The fourth-order valence-corrected chi connectivity index (χ4v) is 2.49. The summed E-state index contributed by atoms with van der Waals surface area (Å²) < 4.78 is 0. The molecular weight excluding hydrogens is 220 g/mol. The number of nitrogens with one attached hydrogen (secondary N) is 2. The van der Waals surface area contributed by atoms with Crippen molar-refractivity contribution in [3.05, 3.63) is 0 Å². The first-order valence-corrected chi connectivity index (χ1v) is 6.56. The summed E-state index contributed by atoms with van der Waals surface area (Å²) >= 11 is 2.96. The minimum absolute atomic E-state index is 0.0409. The molecule has 1 aliphatic heterocycles. The number of hydrogen-bond acceptors (Lipinski definition) is 5. The van der Waals surface area contributed by atoms with Crippen molar-refractivity contribution in [1.82, 2.24) is 10.6 Å². The maximum absolute atomic E-state index is 11.4. The van der Waals surface area contributed by atoms with Crippen molar-refractivity contribution in [2.75, 3.05) is 23.9 Å². The molecule has 1 rings (SSSR count). The van der Waals surface area contributed by atoms with Crippen molar-refractivity contribution in [1.29, 1.82) is 0 Å². The zero-order valence-corrected chi connectivity index (χ0v) is 9.67. The highest BCUT2D eigenvalue weighted by molar-refractivity contribution is 8.13. The summed E-state index contributed by atoms with van der Waals surface area (Å²) in [4.78, 5) is 22.0. The van der Waals surface area contributed by atoms with Gasteiger partial charge in [-0.3, -0.25) is 14.9 Å². The maximum atomic E-state index is 11.4. The Balaban J connectivity index is 2.05. The monoisotopic (exact) mass is 234 g/mol. The standard InChI is InChI=1S/C8H14N2O2S2/c1-6(11)14-3-2-9-8(12)7-4-13-5-10-7/h7,10H,2-5H2,1H3,(H,9,12)/t7-/m0/s1. The van der Waals surface area contributed by atoms with E-state index in [1.807, 2.05) is 0 Å². The number of carbonyl (C=O) groups is 2. The van der Waals surface area contributed by atoms with Crippen LogP contribution in [0.25, 0.3) is 0 Å². The second-order valence-corrected chi connectivity index (χ2v) is 5.21. The smallest absolute Gasteiger partial charge is 0.238 e. The molecule has 1 fully saturated rings. The Bertz CT molecular complexity index is 217. The molecule has 0 aromatic carbocycles. The van der Waals surface area contributed by atoms with E-state index in [1.165, 1.54) is 18.7 Å².